The first-order valence-corrected chi connectivity index (χ1v) is 7.18. The van der Waals surface area contributed by atoms with Crippen molar-refractivity contribution in [1.82, 2.24) is 4.90 Å². The van der Waals surface area contributed by atoms with Gasteiger partial charge in [-0.3, -0.25) is 0 Å². The summed E-state index contributed by atoms with van der Waals surface area (Å²) in [5.41, 5.74) is 4.02. The highest BCUT2D eigenvalue weighted by atomic mass is 15.2. The molecule has 98 valence electrons. The number of aryl methyl sites for hydroxylation is 2. The fraction of sp³-hybridized carbons (Fsp3) is 0.625. The van der Waals surface area contributed by atoms with Crippen molar-refractivity contribution in [1.29, 1.82) is 0 Å². The minimum absolute atomic E-state index is 0.667. The number of hydrogen-bond acceptors (Lipinski definition) is 2. The number of nitrogens with zero attached hydrogens (tertiary/aromatic N) is 1. The zero-order chi connectivity index (χ0) is 12.7. The largest absolute Gasteiger partial charge is 0.382 e. The quantitative estimate of drug-likeness (QED) is 0.858. The van der Waals surface area contributed by atoms with Gasteiger partial charge in [-0.2, -0.15) is 0 Å². The molecule has 2 fully saturated rings. The van der Waals surface area contributed by atoms with Crippen LogP contribution >= 0.6 is 0 Å². The Morgan fingerprint density at radius 2 is 1.56 bits per heavy atom. The van der Waals surface area contributed by atoms with Gasteiger partial charge in [-0.05, 0) is 69.8 Å². The topological polar surface area (TPSA) is 15.3 Å². The van der Waals surface area contributed by atoms with Crippen molar-refractivity contribution in [3.63, 3.8) is 0 Å². The van der Waals surface area contributed by atoms with Crippen molar-refractivity contribution < 1.29 is 0 Å². The second kappa shape index (κ2) is 4.58. The van der Waals surface area contributed by atoms with E-state index < -0.39 is 0 Å². The van der Waals surface area contributed by atoms with E-state index in [0.717, 1.165) is 12.1 Å². The van der Waals surface area contributed by atoms with E-state index in [9.17, 15) is 0 Å². The highest BCUT2D eigenvalue weighted by molar-refractivity contribution is 5.49. The molecule has 0 saturated carbocycles. The Bertz CT molecular complexity index is 406. The molecule has 2 heteroatoms. The monoisotopic (exact) mass is 244 g/mol. The van der Waals surface area contributed by atoms with Crippen molar-refractivity contribution in [2.24, 2.45) is 0 Å². The van der Waals surface area contributed by atoms with E-state index in [-0.39, 0.29) is 0 Å². The number of nitrogens with one attached hydrogen (secondary N) is 1. The van der Waals surface area contributed by atoms with E-state index >= 15 is 0 Å². The van der Waals surface area contributed by atoms with Crippen molar-refractivity contribution in [2.45, 2.75) is 57.7 Å². The molecule has 1 N–H and O–H groups in total. The van der Waals surface area contributed by atoms with Crippen LogP contribution in [0.15, 0.2) is 18.2 Å². The summed E-state index contributed by atoms with van der Waals surface area (Å²) in [4.78, 5) is 2.60. The summed E-state index contributed by atoms with van der Waals surface area (Å²) in [6.07, 6.45) is 5.40. The minimum atomic E-state index is 0.667. The third-order valence-electron chi connectivity index (χ3n) is 4.69. The van der Waals surface area contributed by atoms with Crippen LogP contribution in [0.3, 0.4) is 0 Å². The summed E-state index contributed by atoms with van der Waals surface area (Å²) in [7, 11) is 2.30. The van der Waals surface area contributed by atoms with E-state index in [1.165, 1.54) is 42.5 Å². The standard InChI is InChI=1S/C16H24N2/c1-11-6-12(2)8-13(7-11)17-14-9-15-4-5-16(10-14)18(15)3/h6-8,14-17H,4-5,9-10H2,1-3H3. The van der Waals surface area contributed by atoms with Gasteiger partial charge >= 0.3 is 0 Å². The summed E-state index contributed by atoms with van der Waals surface area (Å²) in [6, 6.07) is 9.07. The van der Waals surface area contributed by atoms with Crippen LogP contribution in [0.2, 0.25) is 0 Å². The summed E-state index contributed by atoms with van der Waals surface area (Å²) in [5.74, 6) is 0. The molecule has 0 spiro atoms. The number of anilines is 1. The molecular weight excluding hydrogens is 220 g/mol. The maximum Gasteiger partial charge on any atom is 0.0347 e. The number of benzene rings is 1. The van der Waals surface area contributed by atoms with Gasteiger partial charge in [0, 0.05) is 23.8 Å². The lowest BCUT2D eigenvalue weighted by Crippen LogP contribution is -2.44. The number of hydrogen-bond donors (Lipinski definition) is 1. The highest BCUT2D eigenvalue weighted by Crippen LogP contribution is 2.35. The summed E-state index contributed by atoms with van der Waals surface area (Å²) in [5, 5.41) is 3.76. The highest BCUT2D eigenvalue weighted by Gasteiger charge is 2.38. The third-order valence-corrected chi connectivity index (χ3v) is 4.69. The van der Waals surface area contributed by atoms with Gasteiger partial charge in [-0.1, -0.05) is 6.07 Å². The van der Waals surface area contributed by atoms with Crippen LogP contribution in [0, 0.1) is 13.8 Å². The first-order valence-electron chi connectivity index (χ1n) is 7.18. The zero-order valence-corrected chi connectivity index (χ0v) is 11.7. The molecular formula is C16H24N2. The lowest BCUT2D eigenvalue weighted by atomic mass is 9.97. The van der Waals surface area contributed by atoms with Gasteiger partial charge in [0.1, 0.15) is 0 Å². The smallest absolute Gasteiger partial charge is 0.0347 e. The molecule has 18 heavy (non-hydrogen) atoms. The van der Waals surface area contributed by atoms with Crippen LogP contribution in [0.1, 0.15) is 36.8 Å². The van der Waals surface area contributed by atoms with Crippen molar-refractivity contribution in [3.05, 3.63) is 29.3 Å². The molecule has 2 aliphatic rings. The second-order valence-electron chi connectivity index (χ2n) is 6.24. The third kappa shape index (κ3) is 2.26. The molecule has 2 heterocycles. The first kappa shape index (κ1) is 12.0. The van der Waals surface area contributed by atoms with Crippen molar-refractivity contribution in [3.8, 4) is 0 Å². The number of fused-ring (bicyclic) bond motifs is 2. The van der Waals surface area contributed by atoms with Crippen LogP contribution in [0.5, 0.6) is 0 Å². The van der Waals surface area contributed by atoms with Crippen molar-refractivity contribution >= 4 is 5.69 Å². The maximum atomic E-state index is 3.76. The van der Waals surface area contributed by atoms with Crippen LogP contribution in [0.4, 0.5) is 5.69 Å². The van der Waals surface area contributed by atoms with Gasteiger partial charge in [-0.25, -0.2) is 0 Å². The molecule has 2 saturated heterocycles. The summed E-state index contributed by atoms with van der Waals surface area (Å²) >= 11 is 0. The van der Waals surface area contributed by atoms with E-state index in [1.807, 2.05) is 0 Å². The van der Waals surface area contributed by atoms with Gasteiger partial charge in [0.2, 0.25) is 0 Å². The normalized spacial score (nSPS) is 31.6. The molecule has 1 aromatic rings. The first-order chi connectivity index (χ1) is 8.61. The van der Waals surface area contributed by atoms with Gasteiger partial charge in [0.25, 0.3) is 0 Å². The van der Waals surface area contributed by atoms with E-state index in [4.69, 9.17) is 0 Å². The Kier molecular flexibility index (Phi) is 3.06. The zero-order valence-electron chi connectivity index (χ0n) is 11.7. The maximum absolute atomic E-state index is 3.76. The predicted molar refractivity (Wildman–Crippen MR) is 77.1 cm³/mol. The van der Waals surface area contributed by atoms with Crippen molar-refractivity contribution in [2.75, 3.05) is 12.4 Å². The van der Waals surface area contributed by atoms with Crippen LogP contribution in [-0.4, -0.2) is 30.1 Å². The van der Waals surface area contributed by atoms with Gasteiger partial charge < -0.3 is 10.2 Å². The van der Waals surface area contributed by atoms with Crippen LogP contribution in [-0.2, 0) is 0 Å². The van der Waals surface area contributed by atoms with E-state index in [0.29, 0.717) is 6.04 Å². The molecule has 0 aromatic heterocycles. The lowest BCUT2D eigenvalue weighted by molar-refractivity contribution is 0.169. The summed E-state index contributed by atoms with van der Waals surface area (Å²) in [6.45, 7) is 4.35. The number of piperidine rings is 1. The molecule has 2 unspecified atom stereocenters. The average Bonchev–Trinajstić information content (AvgIpc) is 2.52. The minimum Gasteiger partial charge on any atom is -0.382 e. The lowest BCUT2D eigenvalue weighted by Gasteiger charge is -2.37. The van der Waals surface area contributed by atoms with Crippen LogP contribution in [0.25, 0.3) is 0 Å². The molecule has 2 atom stereocenters. The van der Waals surface area contributed by atoms with Gasteiger partial charge in [0.15, 0.2) is 0 Å². The Morgan fingerprint density at radius 1 is 1.00 bits per heavy atom. The Morgan fingerprint density at radius 3 is 2.11 bits per heavy atom. The summed E-state index contributed by atoms with van der Waals surface area (Å²) < 4.78 is 0. The molecule has 2 aliphatic heterocycles. The fourth-order valence-corrected chi connectivity index (χ4v) is 3.82. The van der Waals surface area contributed by atoms with Gasteiger partial charge in [0.05, 0.1) is 0 Å². The molecule has 0 radical (unpaired) electrons. The molecule has 2 bridgehead atoms. The SMILES string of the molecule is Cc1cc(C)cc(NC2CC3CCC(C2)N3C)c1. The average molecular weight is 244 g/mol. The molecule has 2 nitrogen and oxygen atoms in total. The predicted octanol–water partition coefficient (Wildman–Crippen LogP) is 3.34. The Hall–Kier alpha value is -1.02. The molecule has 0 aliphatic carbocycles. The van der Waals surface area contributed by atoms with E-state index in [1.54, 1.807) is 0 Å². The Labute approximate surface area is 110 Å². The molecule has 0 amide bonds. The van der Waals surface area contributed by atoms with E-state index in [2.05, 4.69) is 49.3 Å². The fourth-order valence-electron chi connectivity index (χ4n) is 3.82. The number of rotatable bonds is 2. The van der Waals surface area contributed by atoms with Gasteiger partial charge in [-0.15, -0.1) is 0 Å². The second-order valence-corrected chi connectivity index (χ2v) is 6.24. The molecule has 1 aromatic carbocycles. The van der Waals surface area contributed by atoms with Crippen LogP contribution < -0.4 is 5.32 Å². The molecule has 3 rings (SSSR count). The Balaban J connectivity index is 1.70.